The molecule has 1 N–H and O–H groups in total. The fourth-order valence-electron chi connectivity index (χ4n) is 1.16. The van der Waals surface area contributed by atoms with Crippen LogP contribution in [0.1, 0.15) is 11.1 Å². The molecular formula is C12H12N2S. The third-order valence-corrected chi connectivity index (χ3v) is 2.70. The van der Waals surface area contributed by atoms with Gasteiger partial charge in [-0.05, 0) is 35.9 Å². The van der Waals surface area contributed by atoms with Crippen LogP contribution < -0.4 is 5.43 Å². The van der Waals surface area contributed by atoms with Gasteiger partial charge in [-0.3, -0.25) is 5.43 Å². The largest absolute Gasteiger partial charge is 0.279 e. The Labute approximate surface area is 93.3 Å². The smallest absolute Gasteiger partial charge is 0.0561 e. The van der Waals surface area contributed by atoms with Crippen LogP contribution in [0.2, 0.25) is 0 Å². The number of nitrogens with zero attached hydrogens (tertiary/aromatic N) is 1. The van der Waals surface area contributed by atoms with Crippen molar-refractivity contribution >= 4 is 23.2 Å². The van der Waals surface area contributed by atoms with Gasteiger partial charge in [0, 0.05) is 5.56 Å². The summed E-state index contributed by atoms with van der Waals surface area (Å²) in [6.07, 6.45) is 1.82. The summed E-state index contributed by atoms with van der Waals surface area (Å²) in [6, 6.07) is 10.2. The van der Waals surface area contributed by atoms with Gasteiger partial charge in [-0.15, -0.1) is 0 Å². The topological polar surface area (TPSA) is 24.4 Å². The number of thiophene rings is 1. The predicted octanol–water partition coefficient (Wildman–Crippen LogP) is 3.50. The first kappa shape index (κ1) is 9.93. The quantitative estimate of drug-likeness (QED) is 0.616. The zero-order chi connectivity index (χ0) is 10.5. The molecule has 1 aromatic heterocycles. The molecule has 2 aromatic rings. The fourth-order valence-corrected chi connectivity index (χ4v) is 1.77. The Morgan fingerprint density at radius 3 is 2.67 bits per heavy atom. The average Bonchev–Trinajstić information content (AvgIpc) is 2.74. The van der Waals surface area contributed by atoms with Crippen molar-refractivity contribution in [1.29, 1.82) is 0 Å². The molecule has 76 valence electrons. The van der Waals surface area contributed by atoms with Crippen LogP contribution in [0.4, 0.5) is 5.69 Å². The van der Waals surface area contributed by atoms with E-state index in [1.54, 1.807) is 11.3 Å². The fraction of sp³-hybridized carbons (Fsp3) is 0.0833. The van der Waals surface area contributed by atoms with Crippen molar-refractivity contribution in [3.8, 4) is 0 Å². The lowest BCUT2D eigenvalue weighted by Crippen LogP contribution is -1.89. The minimum absolute atomic E-state index is 1.01. The van der Waals surface area contributed by atoms with Crippen molar-refractivity contribution in [2.75, 3.05) is 5.43 Å². The SMILES string of the molecule is Cc1ccc(N/N=C/c2ccsc2)cc1. The van der Waals surface area contributed by atoms with Crippen LogP contribution in [0.15, 0.2) is 46.2 Å². The van der Waals surface area contributed by atoms with Crippen molar-refractivity contribution in [3.63, 3.8) is 0 Å². The molecule has 0 radical (unpaired) electrons. The van der Waals surface area contributed by atoms with Gasteiger partial charge < -0.3 is 0 Å². The van der Waals surface area contributed by atoms with Gasteiger partial charge in [0.1, 0.15) is 0 Å². The number of benzene rings is 1. The molecule has 0 saturated carbocycles. The monoisotopic (exact) mass is 216 g/mol. The van der Waals surface area contributed by atoms with Crippen LogP contribution in [0.25, 0.3) is 0 Å². The molecule has 1 aromatic carbocycles. The molecule has 0 bridgehead atoms. The Morgan fingerprint density at radius 2 is 2.00 bits per heavy atom. The molecule has 3 heteroatoms. The van der Waals surface area contributed by atoms with E-state index in [9.17, 15) is 0 Å². The van der Waals surface area contributed by atoms with Gasteiger partial charge in [-0.25, -0.2) is 0 Å². The van der Waals surface area contributed by atoms with E-state index >= 15 is 0 Å². The number of hydrazone groups is 1. The van der Waals surface area contributed by atoms with E-state index in [0.717, 1.165) is 11.3 Å². The van der Waals surface area contributed by atoms with Crippen molar-refractivity contribution < 1.29 is 0 Å². The molecule has 0 aliphatic carbocycles. The number of hydrogen-bond acceptors (Lipinski definition) is 3. The van der Waals surface area contributed by atoms with Crippen LogP contribution in [-0.2, 0) is 0 Å². The van der Waals surface area contributed by atoms with E-state index in [1.165, 1.54) is 5.56 Å². The summed E-state index contributed by atoms with van der Waals surface area (Å²) in [5.41, 5.74) is 6.37. The minimum atomic E-state index is 1.01. The van der Waals surface area contributed by atoms with Crippen molar-refractivity contribution in [2.45, 2.75) is 6.92 Å². The van der Waals surface area contributed by atoms with Gasteiger partial charge in [-0.2, -0.15) is 16.4 Å². The number of nitrogens with one attached hydrogen (secondary N) is 1. The van der Waals surface area contributed by atoms with Gasteiger partial charge in [0.05, 0.1) is 11.9 Å². The lowest BCUT2D eigenvalue weighted by Gasteiger charge is -1.99. The van der Waals surface area contributed by atoms with E-state index in [4.69, 9.17) is 0 Å². The highest BCUT2D eigenvalue weighted by atomic mass is 32.1. The molecule has 0 saturated heterocycles. The normalized spacial score (nSPS) is 10.7. The van der Waals surface area contributed by atoms with Crippen LogP contribution in [0.3, 0.4) is 0 Å². The summed E-state index contributed by atoms with van der Waals surface area (Å²) in [5.74, 6) is 0. The minimum Gasteiger partial charge on any atom is -0.279 e. The zero-order valence-corrected chi connectivity index (χ0v) is 9.29. The lowest BCUT2D eigenvalue weighted by molar-refractivity contribution is 1.34. The molecule has 15 heavy (non-hydrogen) atoms. The number of aryl methyl sites for hydroxylation is 1. The maximum atomic E-state index is 4.15. The summed E-state index contributed by atoms with van der Waals surface area (Å²) in [5, 5.41) is 8.24. The highest BCUT2D eigenvalue weighted by Gasteiger charge is 1.88. The standard InChI is InChI=1S/C12H12N2S/c1-10-2-4-12(5-3-10)14-13-8-11-6-7-15-9-11/h2-9,14H,1H3/b13-8+. The second kappa shape index (κ2) is 4.75. The van der Waals surface area contributed by atoms with Gasteiger partial charge in [0.2, 0.25) is 0 Å². The van der Waals surface area contributed by atoms with E-state index < -0.39 is 0 Å². The molecule has 0 spiro atoms. The molecular weight excluding hydrogens is 204 g/mol. The molecule has 2 nitrogen and oxygen atoms in total. The second-order valence-corrected chi connectivity index (χ2v) is 4.07. The Kier molecular flexibility index (Phi) is 3.15. The average molecular weight is 216 g/mol. The first-order valence-electron chi connectivity index (χ1n) is 4.72. The maximum absolute atomic E-state index is 4.15. The summed E-state index contributed by atoms with van der Waals surface area (Å²) in [6.45, 7) is 2.07. The molecule has 0 amide bonds. The predicted molar refractivity (Wildman–Crippen MR) is 66.7 cm³/mol. The van der Waals surface area contributed by atoms with Gasteiger partial charge >= 0.3 is 0 Å². The maximum Gasteiger partial charge on any atom is 0.0561 e. The molecule has 1 heterocycles. The Hall–Kier alpha value is -1.61. The summed E-state index contributed by atoms with van der Waals surface area (Å²) in [4.78, 5) is 0. The van der Waals surface area contributed by atoms with Crippen molar-refractivity contribution in [1.82, 2.24) is 0 Å². The summed E-state index contributed by atoms with van der Waals surface area (Å²) < 4.78 is 0. The first-order valence-corrected chi connectivity index (χ1v) is 5.67. The molecule has 0 atom stereocenters. The van der Waals surface area contributed by atoms with Gasteiger partial charge in [0.25, 0.3) is 0 Å². The number of rotatable bonds is 3. The molecule has 0 aliphatic heterocycles. The molecule has 2 rings (SSSR count). The molecule has 0 aliphatic rings. The molecule has 0 fully saturated rings. The molecule has 0 unspecified atom stereocenters. The van der Waals surface area contributed by atoms with Crippen molar-refractivity contribution in [2.24, 2.45) is 5.10 Å². The third-order valence-electron chi connectivity index (χ3n) is 2.00. The van der Waals surface area contributed by atoms with Gasteiger partial charge in [0.15, 0.2) is 0 Å². The summed E-state index contributed by atoms with van der Waals surface area (Å²) >= 11 is 1.67. The zero-order valence-electron chi connectivity index (χ0n) is 8.47. The third kappa shape index (κ3) is 2.92. The van der Waals surface area contributed by atoms with Crippen LogP contribution in [0, 0.1) is 6.92 Å². The number of anilines is 1. The van der Waals surface area contributed by atoms with E-state index in [2.05, 4.69) is 35.0 Å². The Balaban J connectivity index is 1.96. The van der Waals surface area contributed by atoms with E-state index in [0.29, 0.717) is 0 Å². The second-order valence-electron chi connectivity index (χ2n) is 3.29. The summed E-state index contributed by atoms with van der Waals surface area (Å²) in [7, 11) is 0. The number of hydrogen-bond donors (Lipinski definition) is 1. The first-order chi connectivity index (χ1) is 7.34. The van der Waals surface area contributed by atoms with E-state index in [1.807, 2.05) is 29.8 Å². The van der Waals surface area contributed by atoms with Crippen LogP contribution in [0.5, 0.6) is 0 Å². The highest BCUT2D eigenvalue weighted by molar-refractivity contribution is 7.08. The van der Waals surface area contributed by atoms with Crippen LogP contribution in [-0.4, -0.2) is 6.21 Å². The Bertz CT molecular complexity index is 429. The van der Waals surface area contributed by atoms with Gasteiger partial charge in [-0.1, -0.05) is 17.7 Å². The Morgan fingerprint density at radius 1 is 1.20 bits per heavy atom. The van der Waals surface area contributed by atoms with Crippen molar-refractivity contribution in [3.05, 3.63) is 52.2 Å². The van der Waals surface area contributed by atoms with Crippen LogP contribution >= 0.6 is 11.3 Å². The van der Waals surface area contributed by atoms with E-state index in [-0.39, 0.29) is 0 Å². The lowest BCUT2D eigenvalue weighted by atomic mass is 10.2. The highest BCUT2D eigenvalue weighted by Crippen LogP contribution is 2.08.